The van der Waals surface area contributed by atoms with Crippen molar-refractivity contribution in [2.24, 2.45) is 18.5 Å². The lowest BCUT2D eigenvalue weighted by atomic mass is 10.1. The van der Waals surface area contributed by atoms with E-state index in [1.165, 1.54) is 6.07 Å². The largest absolute Gasteiger partial charge is 0.491 e. The number of amides is 4. The molecule has 1 saturated heterocycles. The molecule has 0 radical (unpaired) electrons. The number of aryl methyl sites for hydroxylation is 5. The number of imidazole rings is 2. The van der Waals surface area contributed by atoms with Crippen molar-refractivity contribution in [3.63, 3.8) is 0 Å². The summed E-state index contributed by atoms with van der Waals surface area (Å²) in [5, 5.41) is 17.9. The second-order valence-electron chi connectivity index (χ2n) is 14.9. The zero-order chi connectivity index (χ0) is 44.1. The van der Waals surface area contributed by atoms with Crippen molar-refractivity contribution in [1.29, 1.82) is 0 Å². The van der Waals surface area contributed by atoms with Crippen molar-refractivity contribution < 1.29 is 28.7 Å². The van der Waals surface area contributed by atoms with Crippen molar-refractivity contribution in [2.45, 2.75) is 53.8 Å². The van der Waals surface area contributed by atoms with E-state index in [0.29, 0.717) is 76.0 Å². The van der Waals surface area contributed by atoms with Gasteiger partial charge in [-0.1, -0.05) is 6.08 Å². The van der Waals surface area contributed by atoms with Crippen LogP contribution in [-0.4, -0.2) is 113 Å². The quantitative estimate of drug-likeness (QED) is 0.0619. The average Bonchev–Trinajstić information content (AvgIpc) is 4.01. The number of nitrogens with two attached hydrogens (primary N) is 2. The molecule has 20 nitrogen and oxygen atoms in total. The highest BCUT2D eigenvalue weighted by molar-refractivity contribution is 6.05. The number of hydrogen-bond acceptors (Lipinski definition) is 12. The van der Waals surface area contributed by atoms with Gasteiger partial charge in [0.25, 0.3) is 11.8 Å². The number of anilines is 2. The Hall–Kier alpha value is -7.06. The Labute approximate surface area is 357 Å². The number of benzene rings is 2. The first-order valence-corrected chi connectivity index (χ1v) is 20.5. The Kier molecular flexibility index (Phi) is 13.0. The van der Waals surface area contributed by atoms with E-state index in [9.17, 15) is 19.2 Å². The van der Waals surface area contributed by atoms with Gasteiger partial charge in [-0.05, 0) is 76.6 Å². The molecule has 5 heterocycles. The number of nitrogens with zero attached hydrogens (tertiary/aromatic N) is 9. The minimum Gasteiger partial charge on any atom is -0.491 e. The van der Waals surface area contributed by atoms with Crippen LogP contribution in [0, 0.1) is 13.8 Å². The summed E-state index contributed by atoms with van der Waals surface area (Å²) in [5.41, 5.74) is 15.8. The van der Waals surface area contributed by atoms with E-state index in [4.69, 9.17) is 25.9 Å². The number of piperazine rings is 1. The van der Waals surface area contributed by atoms with Gasteiger partial charge in [-0.15, -0.1) is 0 Å². The number of allylic oxidation sites excluding steroid dienone is 1. The van der Waals surface area contributed by atoms with Crippen LogP contribution in [0.15, 0.2) is 48.6 Å². The lowest BCUT2D eigenvalue weighted by Crippen LogP contribution is -2.43. The van der Waals surface area contributed by atoms with Gasteiger partial charge < -0.3 is 40.3 Å². The lowest BCUT2D eigenvalue weighted by molar-refractivity contribution is 0.0991. The normalized spacial score (nSPS) is 13.3. The topological polar surface area (TPSA) is 249 Å². The molecule has 1 fully saturated rings. The number of hydrogen-bond donors (Lipinski definition) is 5. The van der Waals surface area contributed by atoms with Crippen LogP contribution in [0.1, 0.15) is 73.3 Å². The highest BCUT2D eigenvalue weighted by Crippen LogP contribution is 2.33. The number of rotatable bonds is 18. The van der Waals surface area contributed by atoms with Crippen LogP contribution in [0.4, 0.5) is 11.9 Å². The van der Waals surface area contributed by atoms with E-state index < -0.39 is 23.6 Å². The molecular weight excluding hydrogens is 797 g/mol. The maximum absolute atomic E-state index is 13.7. The van der Waals surface area contributed by atoms with Gasteiger partial charge >= 0.3 is 0 Å². The second-order valence-corrected chi connectivity index (χ2v) is 14.9. The number of ether oxygens (including phenoxy) is 2. The van der Waals surface area contributed by atoms with Crippen molar-refractivity contribution in [3.05, 3.63) is 82.5 Å². The van der Waals surface area contributed by atoms with E-state index in [1.807, 2.05) is 33.8 Å². The predicted molar refractivity (Wildman–Crippen MR) is 233 cm³/mol. The Morgan fingerprint density at radius 2 is 1.31 bits per heavy atom. The van der Waals surface area contributed by atoms with Gasteiger partial charge in [-0.3, -0.25) is 39.2 Å². The predicted octanol–water partition coefficient (Wildman–Crippen LogP) is 2.98. The molecule has 7 rings (SSSR count). The van der Waals surface area contributed by atoms with Gasteiger partial charge in [0.15, 0.2) is 0 Å². The third-order valence-electron chi connectivity index (χ3n) is 10.5. The zero-order valence-electron chi connectivity index (χ0n) is 35.5. The lowest BCUT2D eigenvalue weighted by Gasteiger charge is -2.27. The molecule has 326 valence electrons. The van der Waals surface area contributed by atoms with Gasteiger partial charge in [0.2, 0.25) is 23.7 Å². The molecule has 20 heteroatoms. The van der Waals surface area contributed by atoms with Gasteiger partial charge in [0.1, 0.15) is 40.5 Å². The summed E-state index contributed by atoms with van der Waals surface area (Å²) in [5.74, 6) is -0.987. The molecule has 1 aliphatic heterocycles. The minimum atomic E-state index is -0.675. The fraction of sp³-hybridized carbons (Fsp3) is 0.381. The third kappa shape index (κ3) is 9.30. The summed E-state index contributed by atoms with van der Waals surface area (Å²) >= 11 is 0. The van der Waals surface area contributed by atoms with Crippen molar-refractivity contribution in [3.8, 4) is 11.5 Å². The molecule has 0 unspecified atom stereocenters. The summed E-state index contributed by atoms with van der Waals surface area (Å²) in [7, 11) is 1.73. The molecule has 0 saturated carbocycles. The molecule has 6 aromatic rings. The first-order valence-electron chi connectivity index (χ1n) is 20.5. The molecule has 4 aromatic heterocycles. The third-order valence-corrected chi connectivity index (χ3v) is 10.5. The number of aromatic nitrogens is 8. The highest BCUT2D eigenvalue weighted by Gasteiger charge is 2.23. The molecule has 4 amide bonds. The molecule has 7 N–H and O–H groups in total. The first kappa shape index (κ1) is 43.0. The van der Waals surface area contributed by atoms with Crippen LogP contribution in [0.25, 0.3) is 22.1 Å². The van der Waals surface area contributed by atoms with Crippen LogP contribution in [0.5, 0.6) is 11.5 Å². The van der Waals surface area contributed by atoms with E-state index in [2.05, 4.69) is 36.0 Å². The highest BCUT2D eigenvalue weighted by atomic mass is 16.5. The summed E-state index contributed by atoms with van der Waals surface area (Å²) < 4.78 is 19.3. The molecular formula is C42H52N14O6. The molecule has 2 aromatic carbocycles. The fourth-order valence-corrected chi connectivity index (χ4v) is 7.49. The average molecular weight is 849 g/mol. The SMILES string of the molecule is CCn1nc(C)cc1C(=O)Nc1nc2cc(C(N)=O)cc(OC/C=C/Cn3c(NC(=O)c4cc(C)nn4CC)nc4cc(C(N)=O)cc(OCCCN5CCNCC5)c43)c2n1C. The smallest absolute Gasteiger partial charge is 0.276 e. The van der Waals surface area contributed by atoms with Gasteiger partial charge in [0, 0.05) is 70.5 Å². The molecule has 62 heavy (non-hydrogen) atoms. The number of carbonyl (C=O) groups excluding carboxylic acids is 4. The molecule has 0 spiro atoms. The number of nitrogens with one attached hydrogen (secondary N) is 3. The molecule has 0 atom stereocenters. The number of fused-ring (bicyclic) bond motifs is 2. The summed E-state index contributed by atoms with van der Waals surface area (Å²) in [6.45, 7) is 13.7. The molecule has 0 aliphatic carbocycles. The Morgan fingerprint density at radius 1 is 0.758 bits per heavy atom. The number of carbonyl (C=O) groups is 4. The summed E-state index contributed by atoms with van der Waals surface area (Å²) in [6.07, 6.45) is 4.35. The van der Waals surface area contributed by atoms with Crippen molar-refractivity contribution >= 4 is 57.6 Å². The van der Waals surface area contributed by atoms with Crippen LogP contribution >= 0.6 is 0 Å². The van der Waals surface area contributed by atoms with Crippen molar-refractivity contribution in [2.75, 3.05) is 56.6 Å². The minimum absolute atomic E-state index is 0.0453. The summed E-state index contributed by atoms with van der Waals surface area (Å²) in [4.78, 5) is 63.6. The van der Waals surface area contributed by atoms with Crippen LogP contribution in [0.3, 0.4) is 0 Å². The van der Waals surface area contributed by atoms with Gasteiger partial charge in [0.05, 0.1) is 29.0 Å². The second kappa shape index (κ2) is 18.7. The van der Waals surface area contributed by atoms with Gasteiger partial charge in [-0.25, -0.2) is 9.97 Å². The first-order chi connectivity index (χ1) is 29.8. The maximum atomic E-state index is 13.7. The van der Waals surface area contributed by atoms with E-state index in [0.717, 1.165) is 39.1 Å². The van der Waals surface area contributed by atoms with Crippen LogP contribution in [-0.2, 0) is 26.7 Å². The molecule has 1 aliphatic rings. The van der Waals surface area contributed by atoms with Crippen molar-refractivity contribution in [1.82, 2.24) is 48.9 Å². The number of primary amides is 2. The van der Waals surface area contributed by atoms with Crippen LogP contribution in [0.2, 0.25) is 0 Å². The van der Waals surface area contributed by atoms with Crippen LogP contribution < -0.4 is 36.9 Å². The summed E-state index contributed by atoms with van der Waals surface area (Å²) in [6, 6.07) is 9.64. The van der Waals surface area contributed by atoms with E-state index in [1.54, 1.807) is 62.0 Å². The van der Waals surface area contributed by atoms with E-state index in [-0.39, 0.29) is 36.2 Å². The Morgan fingerprint density at radius 3 is 1.89 bits per heavy atom. The zero-order valence-corrected chi connectivity index (χ0v) is 35.5. The monoisotopic (exact) mass is 848 g/mol. The van der Waals surface area contributed by atoms with E-state index >= 15 is 0 Å². The Bertz CT molecular complexity index is 2680. The standard InChI is InChI=1S/C42H52N14O6/c1-6-55-31(19-25(3)50-55)39(59)48-41-46-29-21-27(37(43)57)23-33(35(29)52(41)5)61-17-9-8-14-54-36-30(47-42(54)49-40(60)32-20-26(4)51-56(32)7-2)22-28(38(44)58)24-34(36)62-18-10-13-53-15-11-45-12-16-53/h8-9,19-24,45H,6-7,10-18H2,1-5H3,(H2,43,57)(H2,44,58)(H,46,48,59)(H,47,49,60)/b9-8+. The van der Waals surface area contributed by atoms with Gasteiger partial charge in [-0.2, -0.15) is 10.2 Å². The maximum Gasteiger partial charge on any atom is 0.276 e. The fourth-order valence-electron chi connectivity index (χ4n) is 7.49. The Balaban J connectivity index is 1.16. The molecule has 0 bridgehead atoms.